The third-order valence-corrected chi connectivity index (χ3v) is 6.78. The SMILES string of the molecule is COc1ccc(C2SCCN2C(=O)c2c(C)c3ccccc3oc2=O)cc1Br. The van der Waals surface area contributed by atoms with Gasteiger partial charge in [-0.05, 0) is 52.2 Å². The molecular weight excluding hydrogens is 442 g/mol. The molecule has 0 radical (unpaired) electrons. The lowest BCUT2D eigenvalue weighted by Crippen LogP contribution is -2.34. The molecule has 1 unspecified atom stereocenters. The number of carbonyl (C=O) groups is 1. The maximum absolute atomic E-state index is 13.3. The Labute approximate surface area is 174 Å². The number of rotatable bonds is 3. The number of ether oxygens (including phenoxy) is 1. The molecule has 1 aliphatic heterocycles. The second-order valence-corrected chi connectivity index (χ2v) is 8.54. The van der Waals surface area contributed by atoms with E-state index in [9.17, 15) is 9.59 Å². The van der Waals surface area contributed by atoms with Crippen LogP contribution in [0, 0.1) is 6.92 Å². The zero-order chi connectivity index (χ0) is 19.8. The predicted octanol–water partition coefficient (Wildman–Crippen LogP) is 4.76. The number of para-hydroxylation sites is 1. The van der Waals surface area contributed by atoms with Crippen molar-refractivity contribution in [3.8, 4) is 5.75 Å². The maximum Gasteiger partial charge on any atom is 0.349 e. The van der Waals surface area contributed by atoms with Crippen LogP contribution in [0.25, 0.3) is 11.0 Å². The van der Waals surface area contributed by atoms with Gasteiger partial charge in [-0.1, -0.05) is 24.3 Å². The molecule has 1 aromatic heterocycles. The smallest absolute Gasteiger partial charge is 0.349 e. The van der Waals surface area contributed by atoms with Gasteiger partial charge in [-0.15, -0.1) is 11.8 Å². The van der Waals surface area contributed by atoms with Crippen LogP contribution in [0.1, 0.15) is 26.9 Å². The Morgan fingerprint density at radius 1 is 1.29 bits per heavy atom. The second kappa shape index (κ2) is 7.64. The molecular formula is C21H18BrNO4S. The number of aryl methyl sites for hydroxylation is 1. The number of fused-ring (bicyclic) bond motifs is 1. The largest absolute Gasteiger partial charge is 0.496 e. The van der Waals surface area contributed by atoms with E-state index >= 15 is 0 Å². The Balaban J connectivity index is 1.74. The van der Waals surface area contributed by atoms with E-state index in [0.717, 1.165) is 26.9 Å². The van der Waals surface area contributed by atoms with E-state index in [1.165, 1.54) is 0 Å². The van der Waals surface area contributed by atoms with Gasteiger partial charge in [-0.25, -0.2) is 4.79 Å². The number of nitrogens with zero attached hydrogens (tertiary/aromatic N) is 1. The monoisotopic (exact) mass is 459 g/mol. The lowest BCUT2D eigenvalue weighted by atomic mass is 10.0. The third kappa shape index (κ3) is 3.22. The summed E-state index contributed by atoms with van der Waals surface area (Å²) in [6.45, 7) is 2.37. The predicted molar refractivity (Wildman–Crippen MR) is 114 cm³/mol. The molecule has 0 aliphatic carbocycles. The number of carbonyl (C=O) groups excluding carboxylic acids is 1. The standard InChI is InChI=1S/C21H18BrNO4S/c1-12-14-5-3-4-6-16(14)27-21(25)18(12)19(24)23-9-10-28-20(23)13-7-8-17(26-2)15(22)11-13/h3-8,11,20H,9-10H2,1-2H3. The molecule has 0 bridgehead atoms. The number of thioether (sulfide) groups is 1. The van der Waals surface area contributed by atoms with Crippen LogP contribution >= 0.6 is 27.7 Å². The van der Waals surface area contributed by atoms with Gasteiger partial charge in [0.25, 0.3) is 5.91 Å². The van der Waals surface area contributed by atoms with E-state index in [0.29, 0.717) is 17.7 Å². The van der Waals surface area contributed by atoms with Crippen molar-refractivity contribution < 1.29 is 13.9 Å². The number of methoxy groups -OCH3 is 1. The van der Waals surface area contributed by atoms with E-state index < -0.39 is 5.63 Å². The first-order valence-electron chi connectivity index (χ1n) is 8.79. The van der Waals surface area contributed by atoms with Gasteiger partial charge in [0.2, 0.25) is 0 Å². The summed E-state index contributed by atoms with van der Waals surface area (Å²) in [4.78, 5) is 27.7. The molecule has 4 rings (SSSR count). The summed E-state index contributed by atoms with van der Waals surface area (Å²) in [6, 6.07) is 13.0. The zero-order valence-electron chi connectivity index (χ0n) is 15.4. The Kier molecular flexibility index (Phi) is 5.21. The quantitative estimate of drug-likeness (QED) is 0.528. The Morgan fingerprint density at radius 3 is 2.82 bits per heavy atom. The molecule has 0 N–H and O–H groups in total. The van der Waals surface area contributed by atoms with Gasteiger partial charge in [0.15, 0.2) is 0 Å². The van der Waals surface area contributed by atoms with Gasteiger partial charge in [0.05, 0.1) is 11.6 Å². The summed E-state index contributed by atoms with van der Waals surface area (Å²) >= 11 is 5.18. The average molecular weight is 460 g/mol. The highest BCUT2D eigenvalue weighted by Crippen LogP contribution is 2.41. The van der Waals surface area contributed by atoms with Crippen molar-refractivity contribution >= 4 is 44.6 Å². The highest BCUT2D eigenvalue weighted by molar-refractivity contribution is 9.10. The molecule has 2 aromatic carbocycles. The van der Waals surface area contributed by atoms with E-state index in [-0.39, 0.29) is 16.8 Å². The first-order valence-corrected chi connectivity index (χ1v) is 10.6. The molecule has 3 aromatic rings. The van der Waals surface area contributed by atoms with Crippen LogP contribution in [-0.4, -0.2) is 30.2 Å². The van der Waals surface area contributed by atoms with Crippen LogP contribution < -0.4 is 10.4 Å². The van der Waals surface area contributed by atoms with Crippen LogP contribution in [0.3, 0.4) is 0 Å². The van der Waals surface area contributed by atoms with Crippen LogP contribution in [0.4, 0.5) is 0 Å². The summed E-state index contributed by atoms with van der Waals surface area (Å²) in [6.07, 6.45) is 0. The van der Waals surface area contributed by atoms with Crippen molar-refractivity contribution in [3.05, 3.63) is 74.0 Å². The van der Waals surface area contributed by atoms with Gasteiger partial charge in [-0.2, -0.15) is 0 Å². The summed E-state index contributed by atoms with van der Waals surface area (Å²) in [5.74, 6) is 1.24. The fourth-order valence-electron chi connectivity index (χ4n) is 3.49. The normalized spacial score (nSPS) is 16.5. The van der Waals surface area contributed by atoms with E-state index in [4.69, 9.17) is 9.15 Å². The van der Waals surface area contributed by atoms with Crippen LogP contribution in [-0.2, 0) is 0 Å². The van der Waals surface area contributed by atoms with Crippen molar-refractivity contribution in [2.24, 2.45) is 0 Å². The second-order valence-electron chi connectivity index (χ2n) is 6.50. The maximum atomic E-state index is 13.3. The lowest BCUT2D eigenvalue weighted by Gasteiger charge is -2.25. The van der Waals surface area contributed by atoms with Crippen LogP contribution in [0.15, 0.2) is 56.1 Å². The summed E-state index contributed by atoms with van der Waals surface area (Å²) in [5, 5.41) is 0.612. The minimum atomic E-state index is -0.590. The molecule has 144 valence electrons. The van der Waals surface area contributed by atoms with Crippen LogP contribution in [0.5, 0.6) is 5.75 Å². The van der Waals surface area contributed by atoms with Crippen molar-refractivity contribution in [3.63, 3.8) is 0 Å². The highest BCUT2D eigenvalue weighted by atomic mass is 79.9. The first-order chi connectivity index (χ1) is 13.5. The van der Waals surface area contributed by atoms with Gasteiger partial charge < -0.3 is 14.1 Å². The van der Waals surface area contributed by atoms with Crippen molar-refractivity contribution in [1.29, 1.82) is 0 Å². The molecule has 1 fully saturated rings. The molecule has 0 saturated carbocycles. The minimum absolute atomic E-state index is 0.110. The highest BCUT2D eigenvalue weighted by Gasteiger charge is 2.34. The molecule has 1 amide bonds. The van der Waals surface area contributed by atoms with E-state index in [1.54, 1.807) is 42.8 Å². The van der Waals surface area contributed by atoms with E-state index in [2.05, 4.69) is 15.9 Å². The Hall–Kier alpha value is -2.25. The molecule has 2 heterocycles. The Bertz CT molecular complexity index is 1130. The minimum Gasteiger partial charge on any atom is -0.496 e. The Morgan fingerprint density at radius 2 is 2.07 bits per heavy atom. The fraction of sp³-hybridized carbons (Fsp3) is 0.238. The molecule has 5 nitrogen and oxygen atoms in total. The molecule has 28 heavy (non-hydrogen) atoms. The molecule has 1 atom stereocenters. The van der Waals surface area contributed by atoms with Gasteiger partial charge in [-0.3, -0.25) is 4.79 Å². The number of benzene rings is 2. The van der Waals surface area contributed by atoms with Gasteiger partial charge in [0.1, 0.15) is 22.3 Å². The molecule has 0 spiro atoms. The topological polar surface area (TPSA) is 59.8 Å². The molecule has 1 saturated heterocycles. The fourth-order valence-corrected chi connectivity index (χ4v) is 5.29. The molecule has 1 aliphatic rings. The molecule has 7 heteroatoms. The summed E-state index contributed by atoms with van der Waals surface area (Å²) in [7, 11) is 1.61. The number of hydrogen-bond acceptors (Lipinski definition) is 5. The van der Waals surface area contributed by atoms with Gasteiger partial charge in [0, 0.05) is 17.7 Å². The lowest BCUT2D eigenvalue weighted by molar-refractivity contribution is 0.0755. The first kappa shape index (κ1) is 19.1. The van der Waals surface area contributed by atoms with Gasteiger partial charge >= 0.3 is 5.63 Å². The van der Waals surface area contributed by atoms with Crippen molar-refractivity contribution in [2.45, 2.75) is 12.3 Å². The number of amides is 1. The zero-order valence-corrected chi connectivity index (χ0v) is 17.8. The third-order valence-electron chi connectivity index (χ3n) is 4.90. The average Bonchev–Trinajstić information content (AvgIpc) is 3.17. The number of halogens is 1. The number of hydrogen-bond donors (Lipinski definition) is 0. The summed E-state index contributed by atoms with van der Waals surface area (Å²) < 4.78 is 11.5. The van der Waals surface area contributed by atoms with E-state index in [1.807, 2.05) is 30.3 Å². The van der Waals surface area contributed by atoms with Crippen molar-refractivity contribution in [1.82, 2.24) is 4.90 Å². The van der Waals surface area contributed by atoms with Crippen LogP contribution in [0.2, 0.25) is 0 Å². The summed E-state index contributed by atoms with van der Waals surface area (Å²) in [5.41, 5.74) is 1.65. The van der Waals surface area contributed by atoms with Crippen molar-refractivity contribution in [2.75, 3.05) is 19.4 Å².